The summed E-state index contributed by atoms with van der Waals surface area (Å²) in [6.07, 6.45) is 4.90. The molecule has 6 heteroatoms. The van der Waals surface area contributed by atoms with E-state index in [0.717, 1.165) is 35.8 Å². The Labute approximate surface area is 182 Å². The van der Waals surface area contributed by atoms with Crippen LogP contribution >= 0.6 is 0 Å². The number of rotatable bonds is 5. The largest absolute Gasteiger partial charge is 0.457 e. The van der Waals surface area contributed by atoms with Crippen molar-refractivity contribution in [2.45, 2.75) is 19.3 Å². The summed E-state index contributed by atoms with van der Waals surface area (Å²) in [6.45, 7) is 0. The van der Waals surface area contributed by atoms with Crippen molar-refractivity contribution in [3.63, 3.8) is 0 Å². The first-order chi connectivity index (χ1) is 14.9. The van der Waals surface area contributed by atoms with Crippen LogP contribution < -0.4 is 9.46 Å². The first-order valence-corrected chi connectivity index (χ1v) is 12.0. The van der Waals surface area contributed by atoms with Crippen molar-refractivity contribution in [2.75, 3.05) is 11.0 Å². The molecule has 1 N–H and O–H groups in total. The molecule has 0 bridgehead atoms. The maximum absolute atomic E-state index is 12.3. The lowest BCUT2D eigenvalue weighted by Gasteiger charge is -2.17. The summed E-state index contributed by atoms with van der Waals surface area (Å²) in [7, 11) is -3.32. The molecule has 0 atom stereocenters. The van der Waals surface area contributed by atoms with Gasteiger partial charge in [-0.15, -0.1) is 0 Å². The van der Waals surface area contributed by atoms with E-state index >= 15 is 0 Å². The molecular formula is C25H23NO4S. The number of anilines is 1. The number of ketones is 1. The molecule has 0 unspecified atom stereocenters. The second-order valence-electron chi connectivity index (χ2n) is 7.57. The molecule has 31 heavy (non-hydrogen) atoms. The lowest BCUT2D eigenvalue weighted by atomic mass is 9.96. The summed E-state index contributed by atoms with van der Waals surface area (Å²) in [5.41, 5.74) is 4.47. The van der Waals surface area contributed by atoms with Gasteiger partial charge in [0.15, 0.2) is 5.78 Å². The van der Waals surface area contributed by atoms with Crippen LogP contribution in [0.5, 0.6) is 5.75 Å². The molecule has 158 valence electrons. The molecule has 0 saturated heterocycles. The number of sulfonamides is 1. The van der Waals surface area contributed by atoms with Crippen LogP contribution in [0.15, 0.2) is 78.9 Å². The van der Waals surface area contributed by atoms with Crippen molar-refractivity contribution in [1.29, 1.82) is 0 Å². The van der Waals surface area contributed by atoms with Gasteiger partial charge in [0.2, 0.25) is 10.0 Å². The Balaban J connectivity index is 1.61. The molecule has 0 aromatic heterocycles. The summed E-state index contributed by atoms with van der Waals surface area (Å²) >= 11 is 0. The molecule has 3 aromatic carbocycles. The van der Waals surface area contributed by atoms with Gasteiger partial charge in [0.1, 0.15) is 11.5 Å². The van der Waals surface area contributed by atoms with Gasteiger partial charge in [-0.1, -0.05) is 48.5 Å². The summed E-state index contributed by atoms with van der Waals surface area (Å²) in [6, 6.07) is 22.8. The fourth-order valence-corrected chi connectivity index (χ4v) is 4.19. The van der Waals surface area contributed by atoms with E-state index in [0.29, 0.717) is 23.6 Å². The number of fused-ring (bicyclic) bond motifs is 1. The van der Waals surface area contributed by atoms with Crippen LogP contribution in [0.4, 0.5) is 5.69 Å². The van der Waals surface area contributed by atoms with E-state index in [9.17, 15) is 13.2 Å². The van der Waals surface area contributed by atoms with Gasteiger partial charge in [0, 0.05) is 23.7 Å². The van der Waals surface area contributed by atoms with Gasteiger partial charge in [-0.3, -0.25) is 9.52 Å². The summed E-state index contributed by atoms with van der Waals surface area (Å²) in [5, 5.41) is 0. The fraction of sp³-hybridized carbons (Fsp3) is 0.160. The van der Waals surface area contributed by atoms with E-state index in [2.05, 4.69) is 10.8 Å². The Morgan fingerprint density at radius 1 is 0.871 bits per heavy atom. The zero-order valence-electron chi connectivity index (χ0n) is 17.2. The molecule has 0 saturated carbocycles. The number of hydrogen-bond acceptors (Lipinski definition) is 4. The number of allylic oxidation sites excluding steroid dienone is 1. The lowest BCUT2D eigenvalue weighted by molar-refractivity contribution is -0.114. The smallest absolute Gasteiger partial charge is 0.229 e. The minimum absolute atomic E-state index is 0.0645. The van der Waals surface area contributed by atoms with Crippen LogP contribution in [0, 0.1) is 0 Å². The van der Waals surface area contributed by atoms with Crippen LogP contribution in [-0.4, -0.2) is 20.5 Å². The van der Waals surface area contributed by atoms with E-state index in [-0.39, 0.29) is 5.78 Å². The van der Waals surface area contributed by atoms with Gasteiger partial charge in [-0.05, 0) is 53.8 Å². The van der Waals surface area contributed by atoms with Gasteiger partial charge >= 0.3 is 0 Å². The molecule has 0 amide bonds. The molecule has 0 radical (unpaired) electrons. The quantitative estimate of drug-likeness (QED) is 0.611. The SMILES string of the molecule is CS(=O)(=O)Nc1ccc(-c2cccc(OC3=CC(=O)CCCc4ccccc43)c2)cc1. The van der Waals surface area contributed by atoms with E-state index < -0.39 is 10.0 Å². The zero-order chi connectivity index (χ0) is 21.8. The van der Waals surface area contributed by atoms with Crippen molar-refractivity contribution in [3.05, 3.63) is 90.0 Å². The van der Waals surface area contributed by atoms with Gasteiger partial charge in [-0.2, -0.15) is 0 Å². The van der Waals surface area contributed by atoms with Crippen molar-refractivity contribution >= 4 is 27.3 Å². The number of carbonyl (C=O) groups excluding carboxylic acids is 1. The number of nitrogens with one attached hydrogen (secondary N) is 1. The normalized spacial score (nSPS) is 14.1. The summed E-state index contributed by atoms with van der Waals surface area (Å²) < 4.78 is 31.4. The number of benzene rings is 3. The van der Waals surface area contributed by atoms with Crippen molar-refractivity contribution in [1.82, 2.24) is 0 Å². The van der Waals surface area contributed by atoms with Crippen molar-refractivity contribution in [2.24, 2.45) is 0 Å². The molecule has 0 heterocycles. The molecule has 0 fully saturated rings. The lowest BCUT2D eigenvalue weighted by Crippen LogP contribution is -2.09. The first-order valence-electron chi connectivity index (χ1n) is 10.1. The number of ether oxygens (including phenoxy) is 1. The topological polar surface area (TPSA) is 72.5 Å². The summed E-state index contributed by atoms with van der Waals surface area (Å²) in [4.78, 5) is 12.3. The molecule has 4 rings (SSSR count). The number of carbonyl (C=O) groups is 1. The van der Waals surface area contributed by atoms with Crippen LogP contribution in [0.25, 0.3) is 16.9 Å². The van der Waals surface area contributed by atoms with Gasteiger partial charge in [0.25, 0.3) is 0 Å². The minimum Gasteiger partial charge on any atom is -0.457 e. The molecule has 0 spiro atoms. The highest BCUT2D eigenvalue weighted by atomic mass is 32.2. The van der Waals surface area contributed by atoms with Crippen LogP contribution in [0.1, 0.15) is 24.0 Å². The molecule has 1 aliphatic carbocycles. The third-order valence-electron chi connectivity index (χ3n) is 5.03. The van der Waals surface area contributed by atoms with Crippen LogP contribution in [-0.2, 0) is 21.2 Å². The highest BCUT2D eigenvalue weighted by Gasteiger charge is 2.15. The first kappa shape index (κ1) is 20.9. The molecular weight excluding hydrogens is 410 g/mol. The Bertz CT molecular complexity index is 1240. The Kier molecular flexibility index (Phi) is 5.91. The maximum Gasteiger partial charge on any atom is 0.229 e. The maximum atomic E-state index is 12.3. The zero-order valence-corrected chi connectivity index (χ0v) is 18.0. The monoisotopic (exact) mass is 433 g/mol. The third kappa shape index (κ3) is 5.41. The van der Waals surface area contributed by atoms with Crippen LogP contribution in [0.2, 0.25) is 0 Å². The Hall–Kier alpha value is -3.38. The molecule has 3 aromatic rings. The number of aryl methyl sites for hydroxylation is 1. The predicted octanol–water partition coefficient (Wildman–Crippen LogP) is 5.05. The van der Waals surface area contributed by atoms with E-state index in [1.54, 1.807) is 18.2 Å². The second kappa shape index (κ2) is 8.78. The van der Waals surface area contributed by atoms with E-state index in [4.69, 9.17) is 4.74 Å². The third-order valence-corrected chi connectivity index (χ3v) is 5.63. The van der Waals surface area contributed by atoms with Gasteiger partial charge in [0.05, 0.1) is 6.26 Å². The highest BCUT2D eigenvalue weighted by molar-refractivity contribution is 7.92. The summed E-state index contributed by atoms with van der Waals surface area (Å²) in [5.74, 6) is 1.25. The standard InChI is InChI=1S/C25H23NO4S/c1-31(28,29)26-21-14-12-18(13-15-21)20-8-5-10-23(16-20)30-25-17-22(27)9-4-7-19-6-2-3-11-24(19)25/h2-3,5-6,8,10-17,26H,4,7,9H2,1H3. The average molecular weight is 434 g/mol. The van der Waals surface area contributed by atoms with Gasteiger partial charge < -0.3 is 4.74 Å². The van der Waals surface area contributed by atoms with E-state index in [1.807, 2.05) is 54.6 Å². The highest BCUT2D eigenvalue weighted by Crippen LogP contribution is 2.30. The second-order valence-corrected chi connectivity index (χ2v) is 9.32. The minimum atomic E-state index is -3.32. The Morgan fingerprint density at radius 2 is 1.65 bits per heavy atom. The molecule has 1 aliphatic rings. The average Bonchev–Trinajstić information content (AvgIpc) is 2.72. The fourth-order valence-electron chi connectivity index (χ4n) is 3.62. The molecule has 0 aliphatic heterocycles. The van der Waals surface area contributed by atoms with Crippen LogP contribution in [0.3, 0.4) is 0 Å². The molecule has 5 nitrogen and oxygen atoms in total. The Morgan fingerprint density at radius 3 is 2.42 bits per heavy atom. The van der Waals surface area contributed by atoms with Crippen molar-refractivity contribution < 1.29 is 17.9 Å². The van der Waals surface area contributed by atoms with E-state index in [1.165, 1.54) is 5.56 Å². The number of hydrogen-bond donors (Lipinski definition) is 1. The predicted molar refractivity (Wildman–Crippen MR) is 123 cm³/mol. The van der Waals surface area contributed by atoms with Gasteiger partial charge in [-0.25, -0.2) is 8.42 Å². The van der Waals surface area contributed by atoms with Crippen molar-refractivity contribution in [3.8, 4) is 16.9 Å².